The second-order valence-corrected chi connectivity index (χ2v) is 5.85. The Kier molecular flexibility index (Phi) is 4.00. The highest BCUT2D eigenvalue weighted by molar-refractivity contribution is 6.34. The number of amides is 2. The van der Waals surface area contributed by atoms with Crippen molar-refractivity contribution in [2.24, 2.45) is 0 Å². The molecule has 0 N–H and O–H groups in total. The lowest BCUT2D eigenvalue weighted by Crippen LogP contribution is -2.29. The van der Waals surface area contributed by atoms with E-state index in [-0.39, 0.29) is 18.1 Å². The topological polar surface area (TPSA) is 103 Å². The lowest BCUT2D eigenvalue weighted by atomic mass is 10.1. The largest absolute Gasteiger partial charge is 0.452 e. The van der Waals surface area contributed by atoms with Crippen LogP contribution in [-0.4, -0.2) is 27.9 Å². The molecular formula is C19H13N3O5. The number of nitrogens with zero attached hydrogens (tertiary/aromatic N) is 3. The molecule has 1 aliphatic rings. The Bertz CT molecular complexity index is 1040. The minimum atomic E-state index is -0.635. The summed E-state index contributed by atoms with van der Waals surface area (Å²) in [6.07, 6.45) is 0. The van der Waals surface area contributed by atoms with E-state index in [0.29, 0.717) is 22.6 Å². The number of aromatic nitrogens is 2. The molecule has 0 saturated carbocycles. The van der Waals surface area contributed by atoms with Crippen LogP contribution >= 0.6 is 0 Å². The molecule has 0 fully saturated rings. The summed E-state index contributed by atoms with van der Waals surface area (Å²) < 4.78 is 10.0. The molecule has 1 aromatic heterocycles. The highest BCUT2D eigenvalue weighted by Crippen LogP contribution is 2.28. The quantitative estimate of drug-likeness (QED) is 0.518. The van der Waals surface area contributed by atoms with E-state index in [4.69, 9.17) is 9.26 Å². The molecule has 1 aliphatic heterocycles. The molecular weight excluding hydrogens is 350 g/mol. The molecule has 0 saturated heterocycles. The lowest BCUT2D eigenvalue weighted by molar-refractivity contribution is 0.0429. The number of esters is 1. The molecule has 3 aromatic rings. The standard InChI is InChI=1S/C19H13N3O5/c1-11-20-16(27-21-11)10-26-19(25)12-5-4-6-13(9-12)22-17(23)14-7-2-3-8-15(14)18(22)24/h2-9H,10H2,1H3. The van der Waals surface area contributed by atoms with E-state index in [9.17, 15) is 14.4 Å². The molecule has 0 spiro atoms. The maximum absolute atomic E-state index is 12.6. The van der Waals surface area contributed by atoms with E-state index < -0.39 is 17.8 Å². The van der Waals surface area contributed by atoms with Crippen LogP contribution in [0.2, 0.25) is 0 Å². The van der Waals surface area contributed by atoms with Crippen molar-refractivity contribution in [2.75, 3.05) is 4.90 Å². The molecule has 0 atom stereocenters. The molecule has 2 amide bonds. The van der Waals surface area contributed by atoms with Gasteiger partial charge in [-0.05, 0) is 37.3 Å². The van der Waals surface area contributed by atoms with E-state index in [2.05, 4.69) is 10.1 Å². The number of hydrogen-bond donors (Lipinski definition) is 0. The third kappa shape index (κ3) is 2.97. The number of anilines is 1. The van der Waals surface area contributed by atoms with Gasteiger partial charge in [-0.3, -0.25) is 9.59 Å². The van der Waals surface area contributed by atoms with Gasteiger partial charge in [-0.15, -0.1) is 0 Å². The van der Waals surface area contributed by atoms with E-state index in [1.165, 1.54) is 12.1 Å². The molecule has 27 heavy (non-hydrogen) atoms. The van der Waals surface area contributed by atoms with E-state index in [0.717, 1.165) is 4.90 Å². The van der Waals surface area contributed by atoms with Gasteiger partial charge in [0.25, 0.3) is 17.7 Å². The Morgan fingerprint density at radius 2 is 1.78 bits per heavy atom. The van der Waals surface area contributed by atoms with Gasteiger partial charge >= 0.3 is 5.97 Å². The smallest absolute Gasteiger partial charge is 0.338 e. The molecule has 0 aliphatic carbocycles. The summed E-state index contributed by atoms with van der Waals surface area (Å²) >= 11 is 0. The molecule has 134 valence electrons. The Hall–Kier alpha value is -3.81. The van der Waals surface area contributed by atoms with E-state index in [1.54, 1.807) is 43.3 Å². The Balaban J connectivity index is 1.55. The van der Waals surface area contributed by atoms with E-state index in [1.807, 2.05) is 0 Å². The number of carbonyl (C=O) groups excluding carboxylic acids is 3. The Morgan fingerprint density at radius 1 is 1.07 bits per heavy atom. The SMILES string of the molecule is Cc1noc(COC(=O)c2cccc(N3C(=O)c4ccccc4C3=O)c2)n1. The van der Waals surface area contributed by atoms with Gasteiger partial charge in [-0.25, -0.2) is 9.69 Å². The third-order valence-corrected chi connectivity index (χ3v) is 4.03. The first-order chi connectivity index (χ1) is 13.0. The fraction of sp³-hybridized carbons (Fsp3) is 0.105. The number of aryl methyl sites for hydroxylation is 1. The van der Waals surface area contributed by atoms with Crippen LogP contribution in [0.5, 0.6) is 0 Å². The number of fused-ring (bicyclic) bond motifs is 1. The van der Waals surface area contributed by atoms with Crippen LogP contribution in [0.1, 0.15) is 42.8 Å². The van der Waals surface area contributed by atoms with Crippen LogP contribution in [0, 0.1) is 6.92 Å². The van der Waals surface area contributed by atoms with Crippen molar-refractivity contribution in [3.8, 4) is 0 Å². The van der Waals surface area contributed by atoms with Gasteiger partial charge in [-0.1, -0.05) is 23.4 Å². The summed E-state index contributed by atoms with van der Waals surface area (Å²) in [4.78, 5) is 42.4. The predicted molar refractivity (Wildman–Crippen MR) is 92.2 cm³/mol. The van der Waals surface area contributed by atoms with Crippen LogP contribution in [0.25, 0.3) is 0 Å². The van der Waals surface area contributed by atoms with Gasteiger partial charge in [0.2, 0.25) is 0 Å². The van der Waals surface area contributed by atoms with Crippen molar-refractivity contribution < 1.29 is 23.6 Å². The average Bonchev–Trinajstić information content (AvgIpc) is 3.21. The number of carbonyl (C=O) groups is 3. The number of hydrogen-bond acceptors (Lipinski definition) is 7. The summed E-state index contributed by atoms with van der Waals surface area (Å²) in [5.74, 6) is -0.875. The van der Waals surface area contributed by atoms with Gasteiger partial charge in [0.05, 0.1) is 22.4 Å². The van der Waals surface area contributed by atoms with Crippen LogP contribution in [0.4, 0.5) is 5.69 Å². The molecule has 4 rings (SSSR count). The van der Waals surface area contributed by atoms with Crippen LogP contribution in [0.15, 0.2) is 53.1 Å². The summed E-state index contributed by atoms with van der Waals surface area (Å²) in [7, 11) is 0. The second kappa shape index (κ2) is 6.49. The van der Waals surface area contributed by atoms with Crippen molar-refractivity contribution in [1.82, 2.24) is 10.1 Å². The Morgan fingerprint density at radius 3 is 2.41 bits per heavy atom. The summed E-state index contributed by atoms with van der Waals surface area (Å²) in [6.45, 7) is 1.48. The van der Waals surface area contributed by atoms with Crippen molar-refractivity contribution in [3.05, 3.63) is 76.9 Å². The normalized spacial score (nSPS) is 13.0. The molecule has 2 heterocycles. The average molecular weight is 363 g/mol. The maximum Gasteiger partial charge on any atom is 0.338 e. The van der Waals surface area contributed by atoms with Crippen molar-refractivity contribution in [1.29, 1.82) is 0 Å². The monoisotopic (exact) mass is 363 g/mol. The first kappa shape index (κ1) is 16.6. The number of ether oxygens (including phenoxy) is 1. The highest BCUT2D eigenvalue weighted by atomic mass is 16.6. The predicted octanol–water partition coefficient (Wildman–Crippen LogP) is 2.54. The van der Waals surface area contributed by atoms with Crippen molar-refractivity contribution in [3.63, 3.8) is 0 Å². The first-order valence-electron chi connectivity index (χ1n) is 8.09. The van der Waals surface area contributed by atoms with Crippen molar-refractivity contribution >= 4 is 23.5 Å². The van der Waals surface area contributed by atoms with Gasteiger partial charge in [0.1, 0.15) is 0 Å². The third-order valence-electron chi connectivity index (χ3n) is 4.03. The zero-order valence-corrected chi connectivity index (χ0v) is 14.2. The summed E-state index contributed by atoms with van der Waals surface area (Å²) in [6, 6.07) is 12.7. The molecule has 0 unspecified atom stereocenters. The molecule has 0 radical (unpaired) electrons. The minimum absolute atomic E-state index is 0.170. The van der Waals surface area contributed by atoms with Gasteiger partial charge < -0.3 is 9.26 Å². The van der Waals surface area contributed by atoms with Crippen LogP contribution in [0.3, 0.4) is 0 Å². The Labute approximate surface area is 153 Å². The van der Waals surface area contributed by atoms with Crippen LogP contribution < -0.4 is 4.90 Å². The zero-order chi connectivity index (χ0) is 19.0. The number of imide groups is 1. The van der Waals surface area contributed by atoms with Crippen molar-refractivity contribution in [2.45, 2.75) is 13.5 Å². The fourth-order valence-corrected chi connectivity index (χ4v) is 2.80. The fourth-order valence-electron chi connectivity index (χ4n) is 2.80. The molecule has 2 aromatic carbocycles. The molecule has 8 heteroatoms. The molecule has 8 nitrogen and oxygen atoms in total. The highest BCUT2D eigenvalue weighted by Gasteiger charge is 2.36. The number of benzene rings is 2. The number of rotatable bonds is 4. The zero-order valence-electron chi connectivity index (χ0n) is 14.2. The lowest BCUT2D eigenvalue weighted by Gasteiger charge is -2.14. The summed E-state index contributed by atoms with van der Waals surface area (Å²) in [5.41, 5.74) is 1.16. The summed E-state index contributed by atoms with van der Waals surface area (Å²) in [5, 5.41) is 3.61. The van der Waals surface area contributed by atoms with Crippen LogP contribution in [-0.2, 0) is 11.3 Å². The first-order valence-corrected chi connectivity index (χ1v) is 8.09. The minimum Gasteiger partial charge on any atom is -0.452 e. The van der Waals surface area contributed by atoms with Gasteiger partial charge in [0, 0.05) is 0 Å². The van der Waals surface area contributed by atoms with Gasteiger partial charge in [-0.2, -0.15) is 4.98 Å². The van der Waals surface area contributed by atoms with E-state index >= 15 is 0 Å². The second-order valence-electron chi connectivity index (χ2n) is 5.85. The molecule has 0 bridgehead atoms. The maximum atomic E-state index is 12.6. The van der Waals surface area contributed by atoms with Gasteiger partial charge in [0.15, 0.2) is 12.4 Å².